The van der Waals surface area contributed by atoms with E-state index in [-0.39, 0.29) is 5.91 Å². The van der Waals surface area contributed by atoms with Gasteiger partial charge in [-0.25, -0.2) is 0 Å². The minimum Gasteiger partial charge on any atom is -0.461 e. The van der Waals surface area contributed by atoms with Gasteiger partial charge in [0.05, 0.1) is 0 Å². The maximum atomic E-state index is 11.6. The van der Waals surface area contributed by atoms with Crippen LogP contribution in [0.2, 0.25) is 0 Å². The average molecular weight is 271 g/mol. The van der Waals surface area contributed by atoms with Crippen LogP contribution in [0.25, 0.3) is 11.3 Å². The van der Waals surface area contributed by atoms with Crippen LogP contribution < -0.4 is 5.32 Å². The van der Waals surface area contributed by atoms with Gasteiger partial charge in [0.25, 0.3) is 0 Å². The van der Waals surface area contributed by atoms with Crippen LogP contribution >= 0.6 is 0 Å². The molecule has 0 aliphatic heterocycles. The number of furan rings is 1. The van der Waals surface area contributed by atoms with Crippen LogP contribution in [0.3, 0.4) is 0 Å². The zero-order valence-electron chi connectivity index (χ0n) is 11.9. The molecule has 1 N–H and O–H groups in total. The molecule has 0 bridgehead atoms. The Balaban J connectivity index is 1.83. The maximum Gasteiger partial charge on any atom is 0.220 e. The molecule has 2 aromatic rings. The van der Waals surface area contributed by atoms with Crippen LogP contribution in [-0.2, 0) is 11.2 Å². The van der Waals surface area contributed by atoms with Crippen LogP contribution in [-0.4, -0.2) is 12.5 Å². The van der Waals surface area contributed by atoms with Crippen molar-refractivity contribution in [2.75, 3.05) is 6.54 Å². The summed E-state index contributed by atoms with van der Waals surface area (Å²) in [5.74, 6) is 1.80. The van der Waals surface area contributed by atoms with Gasteiger partial charge in [-0.05, 0) is 18.6 Å². The summed E-state index contributed by atoms with van der Waals surface area (Å²) in [5, 5.41) is 2.91. The zero-order chi connectivity index (χ0) is 14.2. The molecule has 0 aliphatic rings. The van der Waals surface area contributed by atoms with Gasteiger partial charge in [0.1, 0.15) is 11.5 Å². The Bertz CT molecular complexity index is 531. The van der Waals surface area contributed by atoms with Crippen molar-refractivity contribution in [2.24, 2.45) is 0 Å². The highest BCUT2D eigenvalue weighted by atomic mass is 16.3. The Kier molecular flexibility index (Phi) is 5.42. The van der Waals surface area contributed by atoms with Crippen molar-refractivity contribution in [2.45, 2.75) is 32.6 Å². The molecule has 3 nitrogen and oxygen atoms in total. The normalized spacial score (nSPS) is 10.4. The fourth-order valence-corrected chi connectivity index (χ4v) is 2.00. The van der Waals surface area contributed by atoms with Crippen LogP contribution in [0.1, 0.15) is 31.9 Å². The number of hydrogen-bond donors (Lipinski definition) is 1. The number of benzene rings is 1. The second kappa shape index (κ2) is 7.53. The Labute approximate surface area is 120 Å². The first kappa shape index (κ1) is 14.4. The molecular formula is C17H21NO2. The average Bonchev–Trinajstić information content (AvgIpc) is 2.95. The van der Waals surface area contributed by atoms with E-state index in [2.05, 4.69) is 12.2 Å². The van der Waals surface area contributed by atoms with Crippen molar-refractivity contribution >= 4 is 5.91 Å². The molecule has 0 aliphatic carbocycles. The van der Waals surface area contributed by atoms with E-state index in [1.54, 1.807) is 0 Å². The number of carbonyl (C=O) groups is 1. The lowest BCUT2D eigenvalue weighted by atomic mass is 10.2. The molecule has 0 unspecified atom stereocenters. The van der Waals surface area contributed by atoms with Gasteiger partial charge in [-0.15, -0.1) is 0 Å². The maximum absolute atomic E-state index is 11.6. The van der Waals surface area contributed by atoms with Crippen LogP contribution in [0, 0.1) is 0 Å². The van der Waals surface area contributed by atoms with E-state index in [0.717, 1.165) is 36.5 Å². The third-order valence-electron chi connectivity index (χ3n) is 3.17. The molecule has 0 fully saturated rings. The summed E-state index contributed by atoms with van der Waals surface area (Å²) in [7, 11) is 0. The highest BCUT2D eigenvalue weighted by Gasteiger charge is 2.07. The summed E-state index contributed by atoms with van der Waals surface area (Å²) >= 11 is 0. The number of aryl methyl sites for hydroxylation is 1. The van der Waals surface area contributed by atoms with E-state index in [9.17, 15) is 4.79 Å². The van der Waals surface area contributed by atoms with Crippen molar-refractivity contribution in [3.8, 4) is 11.3 Å². The number of nitrogens with one attached hydrogen (secondary N) is 1. The third-order valence-corrected chi connectivity index (χ3v) is 3.17. The van der Waals surface area contributed by atoms with Crippen molar-refractivity contribution in [3.05, 3.63) is 48.2 Å². The van der Waals surface area contributed by atoms with Gasteiger partial charge in [-0.2, -0.15) is 0 Å². The first-order valence-electron chi connectivity index (χ1n) is 7.20. The fourth-order valence-electron chi connectivity index (χ4n) is 2.00. The lowest BCUT2D eigenvalue weighted by Crippen LogP contribution is -2.24. The van der Waals surface area contributed by atoms with E-state index in [1.165, 1.54) is 0 Å². The molecule has 3 heteroatoms. The highest BCUT2D eigenvalue weighted by Crippen LogP contribution is 2.22. The van der Waals surface area contributed by atoms with Crippen LogP contribution in [0.4, 0.5) is 0 Å². The first-order chi connectivity index (χ1) is 9.79. The van der Waals surface area contributed by atoms with E-state index >= 15 is 0 Å². The molecule has 20 heavy (non-hydrogen) atoms. The molecule has 0 spiro atoms. The molecule has 1 amide bonds. The Morgan fingerprint density at radius 2 is 1.95 bits per heavy atom. The zero-order valence-corrected chi connectivity index (χ0v) is 11.9. The van der Waals surface area contributed by atoms with Crippen LogP contribution in [0.5, 0.6) is 0 Å². The predicted octanol–water partition coefficient (Wildman–Crippen LogP) is 3.80. The minimum absolute atomic E-state index is 0.0936. The van der Waals surface area contributed by atoms with Crippen molar-refractivity contribution < 1.29 is 9.21 Å². The number of amides is 1. The quantitative estimate of drug-likeness (QED) is 0.778. The van der Waals surface area contributed by atoms with E-state index in [4.69, 9.17) is 4.42 Å². The number of hydrogen-bond acceptors (Lipinski definition) is 2. The Morgan fingerprint density at radius 1 is 1.15 bits per heavy atom. The molecular weight excluding hydrogens is 250 g/mol. The van der Waals surface area contributed by atoms with Gasteiger partial charge >= 0.3 is 0 Å². The van der Waals surface area contributed by atoms with Crippen molar-refractivity contribution in [1.29, 1.82) is 0 Å². The molecule has 0 atom stereocenters. The Hall–Kier alpha value is -2.03. The molecule has 0 saturated heterocycles. The molecule has 1 heterocycles. The van der Waals surface area contributed by atoms with Crippen molar-refractivity contribution in [1.82, 2.24) is 5.32 Å². The van der Waals surface area contributed by atoms with Gasteiger partial charge in [0.2, 0.25) is 5.91 Å². The van der Waals surface area contributed by atoms with Crippen LogP contribution in [0.15, 0.2) is 46.9 Å². The molecule has 0 radical (unpaired) electrons. The fraction of sp³-hybridized carbons (Fsp3) is 0.353. The third kappa shape index (κ3) is 4.26. The summed E-state index contributed by atoms with van der Waals surface area (Å²) in [4.78, 5) is 11.6. The Morgan fingerprint density at radius 3 is 2.70 bits per heavy atom. The largest absolute Gasteiger partial charge is 0.461 e. The second-order valence-corrected chi connectivity index (χ2v) is 4.84. The van der Waals surface area contributed by atoms with E-state index < -0.39 is 0 Å². The summed E-state index contributed by atoms with van der Waals surface area (Å²) < 4.78 is 5.77. The predicted molar refractivity (Wildman–Crippen MR) is 80.4 cm³/mol. The number of rotatable bonds is 7. The van der Waals surface area contributed by atoms with E-state index in [0.29, 0.717) is 12.8 Å². The highest BCUT2D eigenvalue weighted by molar-refractivity contribution is 5.76. The monoisotopic (exact) mass is 271 g/mol. The molecule has 106 valence electrons. The van der Waals surface area contributed by atoms with Gasteiger partial charge in [-0.3, -0.25) is 4.79 Å². The van der Waals surface area contributed by atoms with Gasteiger partial charge in [-0.1, -0.05) is 43.7 Å². The van der Waals surface area contributed by atoms with Gasteiger partial charge in [0.15, 0.2) is 0 Å². The van der Waals surface area contributed by atoms with Crippen molar-refractivity contribution in [3.63, 3.8) is 0 Å². The summed E-state index contributed by atoms with van der Waals surface area (Å²) in [5.41, 5.74) is 1.06. The van der Waals surface area contributed by atoms with Gasteiger partial charge < -0.3 is 9.73 Å². The molecule has 1 aromatic heterocycles. The van der Waals surface area contributed by atoms with Gasteiger partial charge in [0, 0.05) is 24.9 Å². The summed E-state index contributed by atoms with van der Waals surface area (Å²) in [6.07, 6.45) is 3.25. The summed E-state index contributed by atoms with van der Waals surface area (Å²) in [6, 6.07) is 13.9. The molecule has 1 aromatic carbocycles. The standard InChI is InChI=1S/C17H21NO2/c1-2-3-13-18-17(19)12-10-15-9-11-16(20-15)14-7-5-4-6-8-14/h4-9,11H,2-3,10,12-13H2,1H3,(H,18,19). The topological polar surface area (TPSA) is 42.2 Å². The number of unbranched alkanes of at least 4 members (excludes halogenated alkanes) is 1. The second-order valence-electron chi connectivity index (χ2n) is 4.84. The minimum atomic E-state index is 0.0936. The lowest BCUT2D eigenvalue weighted by Gasteiger charge is -2.02. The smallest absolute Gasteiger partial charge is 0.220 e. The SMILES string of the molecule is CCCCNC(=O)CCc1ccc(-c2ccccc2)o1. The number of carbonyl (C=O) groups excluding carboxylic acids is 1. The first-order valence-corrected chi connectivity index (χ1v) is 7.20. The summed E-state index contributed by atoms with van der Waals surface area (Å²) in [6.45, 7) is 2.88. The molecule has 2 rings (SSSR count). The van der Waals surface area contributed by atoms with E-state index in [1.807, 2.05) is 42.5 Å². The lowest BCUT2D eigenvalue weighted by molar-refractivity contribution is -0.121. The molecule has 0 saturated carbocycles.